The molecule has 0 saturated carbocycles. The Morgan fingerprint density at radius 1 is 1.40 bits per heavy atom. The molecule has 0 aliphatic rings. The molecule has 0 bridgehead atoms. The molecule has 1 aromatic heterocycles. The molecule has 1 amide bonds. The zero-order valence-electron chi connectivity index (χ0n) is 8.73. The minimum atomic E-state index is -0.123. The Morgan fingerprint density at radius 3 is 2.53 bits per heavy atom. The van der Waals surface area contributed by atoms with Crippen LogP contribution in [0, 0.1) is 0 Å². The summed E-state index contributed by atoms with van der Waals surface area (Å²) in [6, 6.07) is 3.67. The molecule has 0 saturated heterocycles. The molecule has 0 unspecified atom stereocenters. The van der Waals surface area contributed by atoms with Gasteiger partial charge >= 0.3 is 0 Å². The average Bonchev–Trinajstić information content (AvgIpc) is 2.71. The monoisotopic (exact) mass is 259 g/mol. The lowest BCUT2D eigenvalue weighted by atomic mass is 10.5. The third-order valence-corrected chi connectivity index (χ3v) is 4.28. The first-order valence-electron chi connectivity index (χ1n) is 4.70. The summed E-state index contributed by atoms with van der Waals surface area (Å²) in [6.07, 6.45) is 0. The maximum absolute atomic E-state index is 11.7. The van der Waals surface area contributed by atoms with Gasteiger partial charge in [0.15, 0.2) is 0 Å². The molecule has 0 atom stereocenters. The highest BCUT2D eigenvalue weighted by molar-refractivity contribution is 8.38. The zero-order valence-corrected chi connectivity index (χ0v) is 11.2. The summed E-state index contributed by atoms with van der Waals surface area (Å²) in [4.78, 5) is 16.5. The number of carbonyl (C=O) groups is 1. The van der Waals surface area contributed by atoms with Gasteiger partial charge in [-0.05, 0) is 23.0 Å². The summed E-state index contributed by atoms with van der Waals surface area (Å²) in [5, 5.41) is 1.89. The van der Waals surface area contributed by atoms with Crippen LogP contribution in [0.15, 0.2) is 22.5 Å². The Morgan fingerprint density at radius 2 is 2.07 bits per heavy atom. The van der Waals surface area contributed by atoms with Crippen molar-refractivity contribution in [3.63, 3.8) is 0 Å². The van der Waals surface area contributed by atoms with Crippen LogP contribution in [0.5, 0.6) is 0 Å². The predicted molar refractivity (Wildman–Crippen MR) is 72.3 cm³/mol. The molecule has 0 spiro atoms. The fourth-order valence-electron chi connectivity index (χ4n) is 0.891. The van der Waals surface area contributed by atoms with E-state index in [0.717, 1.165) is 15.9 Å². The predicted octanol–water partition coefficient (Wildman–Crippen LogP) is 3.75. The van der Waals surface area contributed by atoms with Crippen LogP contribution in [-0.4, -0.2) is 21.8 Å². The number of thioether (sulfide) groups is 2. The van der Waals surface area contributed by atoms with Crippen molar-refractivity contribution in [2.45, 2.75) is 13.8 Å². The minimum absolute atomic E-state index is 0.123. The lowest BCUT2D eigenvalue weighted by Gasteiger charge is -2.00. The second-order valence-corrected chi connectivity index (χ2v) is 6.24. The van der Waals surface area contributed by atoms with Gasteiger partial charge in [-0.1, -0.05) is 43.4 Å². The molecule has 0 aromatic carbocycles. The molecule has 15 heavy (non-hydrogen) atoms. The quantitative estimate of drug-likeness (QED) is 0.611. The van der Waals surface area contributed by atoms with Gasteiger partial charge in [-0.3, -0.25) is 4.79 Å². The van der Waals surface area contributed by atoms with E-state index in [0.29, 0.717) is 4.88 Å². The first kappa shape index (κ1) is 12.8. The van der Waals surface area contributed by atoms with Crippen molar-refractivity contribution in [2.75, 3.05) is 11.5 Å². The molecule has 1 heterocycles. The largest absolute Gasteiger partial charge is 0.288 e. The van der Waals surface area contributed by atoms with E-state index in [2.05, 4.69) is 18.8 Å². The number of aliphatic imine (C=N–C) groups is 1. The molecule has 1 aromatic rings. The van der Waals surface area contributed by atoms with Crippen LogP contribution in [0.3, 0.4) is 0 Å². The summed E-state index contributed by atoms with van der Waals surface area (Å²) in [7, 11) is 0. The number of amides is 1. The third kappa shape index (κ3) is 4.40. The van der Waals surface area contributed by atoms with Crippen molar-refractivity contribution in [1.29, 1.82) is 0 Å². The van der Waals surface area contributed by atoms with Crippen molar-refractivity contribution < 1.29 is 4.79 Å². The summed E-state index contributed by atoms with van der Waals surface area (Å²) >= 11 is 4.68. The number of hydrogen-bond donors (Lipinski definition) is 0. The number of nitrogens with zero attached hydrogens (tertiary/aromatic N) is 1. The van der Waals surface area contributed by atoms with E-state index in [1.165, 1.54) is 11.3 Å². The highest BCUT2D eigenvalue weighted by Gasteiger charge is 2.07. The lowest BCUT2D eigenvalue weighted by Crippen LogP contribution is -1.96. The van der Waals surface area contributed by atoms with Crippen LogP contribution >= 0.6 is 34.9 Å². The van der Waals surface area contributed by atoms with E-state index in [-0.39, 0.29) is 5.91 Å². The van der Waals surface area contributed by atoms with Gasteiger partial charge < -0.3 is 0 Å². The van der Waals surface area contributed by atoms with Crippen LogP contribution in [0.4, 0.5) is 0 Å². The van der Waals surface area contributed by atoms with Crippen LogP contribution < -0.4 is 0 Å². The first-order valence-corrected chi connectivity index (χ1v) is 7.55. The van der Waals surface area contributed by atoms with Crippen molar-refractivity contribution in [1.82, 2.24) is 0 Å². The van der Waals surface area contributed by atoms with Gasteiger partial charge in [0.2, 0.25) is 0 Å². The first-order chi connectivity index (χ1) is 7.27. The number of hydrogen-bond acceptors (Lipinski definition) is 4. The second-order valence-electron chi connectivity index (χ2n) is 2.53. The van der Waals surface area contributed by atoms with Crippen molar-refractivity contribution in [3.8, 4) is 0 Å². The molecule has 0 aliphatic heterocycles. The van der Waals surface area contributed by atoms with Crippen LogP contribution in [0.25, 0.3) is 0 Å². The highest BCUT2D eigenvalue weighted by Crippen LogP contribution is 2.19. The molecule has 0 fully saturated rings. The molecule has 5 heteroatoms. The van der Waals surface area contributed by atoms with E-state index >= 15 is 0 Å². The van der Waals surface area contributed by atoms with Gasteiger partial charge in [0.1, 0.15) is 4.38 Å². The summed E-state index contributed by atoms with van der Waals surface area (Å²) in [6.45, 7) is 4.12. The number of rotatable bonds is 3. The van der Waals surface area contributed by atoms with Crippen LogP contribution in [-0.2, 0) is 0 Å². The average molecular weight is 259 g/mol. The summed E-state index contributed by atoms with van der Waals surface area (Å²) < 4.78 is 0.874. The molecular weight excluding hydrogens is 246 g/mol. The van der Waals surface area contributed by atoms with Crippen molar-refractivity contribution >= 4 is 45.1 Å². The number of carbonyl (C=O) groups excluding carboxylic acids is 1. The maximum Gasteiger partial charge on any atom is 0.288 e. The van der Waals surface area contributed by atoms with E-state index < -0.39 is 0 Å². The van der Waals surface area contributed by atoms with Gasteiger partial charge in [0, 0.05) is 0 Å². The van der Waals surface area contributed by atoms with Gasteiger partial charge in [-0.15, -0.1) is 11.3 Å². The normalized spacial score (nSPS) is 10.0. The van der Waals surface area contributed by atoms with E-state index in [4.69, 9.17) is 0 Å². The van der Waals surface area contributed by atoms with Gasteiger partial charge in [0.25, 0.3) is 5.91 Å². The molecule has 0 radical (unpaired) electrons. The van der Waals surface area contributed by atoms with E-state index in [9.17, 15) is 4.79 Å². The molecule has 1 rings (SSSR count). The Labute approximate surface area is 103 Å². The molecular formula is C10H13NOS3. The maximum atomic E-state index is 11.7. The van der Waals surface area contributed by atoms with Crippen LogP contribution in [0.1, 0.15) is 23.5 Å². The summed E-state index contributed by atoms with van der Waals surface area (Å²) in [5.41, 5.74) is 0. The topological polar surface area (TPSA) is 29.4 Å². The molecule has 0 N–H and O–H groups in total. The van der Waals surface area contributed by atoms with E-state index in [1.807, 2.05) is 11.4 Å². The SMILES string of the molecule is CCSC(=NC(=O)c1cccs1)SCC. The highest BCUT2D eigenvalue weighted by atomic mass is 32.2. The zero-order chi connectivity index (χ0) is 11.1. The Kier molecular flexibility index (Phi) is 6.05. The molecule has 82 valence electrons. The second kappa shape index (κ2) is 7.09. The van der Waals surface area contributed by atoms with Crippen molar-refractivity contribution in [2.24, 2.45) is 4.99 Å². The fourth-order valence-corrected chi connectivity index (χ4v) is 3.33. The standard InChI is InChI=1S/C10H13NOS3/c1-3-13-10(14-4-2)11-9(12)8-6-5-7-15-8/h5-7H,3-4H2,1-2H3. The fraction of sp³-hybridized carbons (Fsp3) is 0.400. The third-order valence-electron chi connectivity index (χ3n) is 1.46. The Balaban J connectivity index is 2.69. The van der Waals surface area contributed by atoms with Crippen LogP contribution in [0.2, 0.25) is 0 Å². The van der Waals surface area contributed by atoms with E-state index in [1.54, 1.807) is 29.6 Å². The van der Waals surface area contributed by atoms with Gasteiger partial charge in [0.05, 0.1) is 4.88 Å². The van der Waals surface area contributed by atoms with Crippen molar-refractivity contribution in [3.05, 3.63) is 22.4 Å². The molecule has 0 aliphatic carbocycles. The number of thiophene rings is 1. The Bertz CT molecular complexity index is 324. The van der Waals surface area contributed by atoms with Gasteiger partial charge in [-0.2, -0.15) is 4.99 Å². The van der Waals surface area contributed by atoms with Gasteiger partial charge in [-0.25, -0.2) is 0 Å². The minimum Gasteiger partial charge on any atom is -0.266 e. The summed E-state index contributed by atoms with van der Waals surface area (Å²) in [5.74, 6) is 1.77. The Hall–Kier alpha value is -0.260. The smallest absolute Gasteiger partial charge is 0.266 e. The lowest BCUT2D eigenvalue weighted by molar-refractivity contribution is 0.101. The molecule has 2 nitrogen and oxygen atoms in total.